The molecule has 33 heavy (non-hydrogen) atoms. The fraction of sp³-hybridized carbons (Fsp3) is 0.130. The van der Waals surface area contributed by atoms with Crippen LogP contribution in [0.4, 0.5) is 19.0 Å². The quantitative estimate of drug-likeness (QED) is 0.407. The molecule has 0 spiro atoms. The van der Waals surface area contributed by atoms with E-state index in [9.17, 15) is 18.0 Å². The maximum absolute atomic E-state index is 14.1. The number of nitrogens with one attached hydrogen (secondary N) is 2. The Hall–Kier alpha value is -4.21. The maximum atomic E-state index is 14.1. The molecule has 2 N–H and O–H groups in total. The molecule has 1 unspecified atom stereocenters. The monoisotopic (exact) mass is 450 g/mol. The highest BCUT2D eigenvalue weighted by Gasteiger charge is 2.21. The number of halogens is 3. The van der Waals surface area contributed by atoms with Crippen LogP contribution in [0.1, 0.15) is 25.1 Å². The van der Waals surface area contributed by atoms with E-state index >= 15 is 0 Å². The van der Waals surface area contributed by atoms with Gasteiger partial charge in [-0.1, -0.05) is 13.0 Å². The Labute approximate surface area is 185 Å². The summed E-state index contributed by atoms with van der Waals surface area (Å²) in [5.74, 6) is -2.24. The third-order valence-electron chi connectivity index (χ3n) is 5.47. The van der Waals surface area contributed by atoms with Crippen LogP contribution >= 0.6 is 0 Å². The van der Waals surface area contributed by atoms with Crippen molar-refractivity contribution in [1.82, 2.24) is 24.5 Å². The molecule has 0 aliphatic rings. The van der Waals surface area contributed by atoms with Crippen LogP contribution in [0.5, 0.6) is 0 Å². The van der Waals surface area contributed by atoms with Crippen molar-refractivity contribution in [3.05, 3.63) is 88.6 Å². The molecular weight excluding hydrogens is 433 g/mol. The number of H-pyrrole nitrogens is 1. The maximum Gasteiger partial charge on any atom is 0.263 e. The first kappa shape index (κ1) is 20.7. The highest BCUT2D eigenvalue weighted by Crippen LogP contribution is 2.28. The minimum absolute atomic E-state index is 0.120. The van der Waals surface area contributed by atoms with Gasteiger partial charge in [-0.2, -0.15) is 0 Å². The summed E-state index contributed by atoms with van der Waals surface area (Å²) >= 11 is 0. The second kappa shape index (κ2) is 8.05. The fourth-order valence-corrected chi connectivity index (χ4v) is 3.87. The summed E-state index contributed by atoms with van der Waals surface area (Å²) in [5.41, 5.74) is 1.09. The normalized spacial score (nSPS) is 12.4. The lowest BCUT2D eigenvalue weighted by Gasteiger charge is -2.23. The van der Waals surface area contributed by atoms with Crippen molar-refractivity contribution >= 4 is 27.8 Å². The molecule has 0 saturated heterocycles. The van der Waals surface area contributed by atoms with Gasteiger partial charge in [0.05, 0.1) is 23.4 Å². The number of aromatic nitrogens is 5. The van der Waals surface area contributed by atoms with Crippen LogP contribution in [0.15, 0.2) is 59.9 Å². The van der Waals surface area contributed by atoms with Gasteiger partial charge in [0.1, 0.15) is 17.7 Å². The molecule has 0 bridgehead atoms. The molecule has 0 aliphatic heterocycles. The van der Waals surface area contributed by atoms with Gasteiger partial charge in [0, 0.05) is 11.8 Å². The van der Waals surface area contributed by atoms with Crippen LogP contribution in [0.3, 0.4) is 0 Å². The predicted octanol–water partition coefficient (Wildman–Crippen LogP) is 4.64. The molecule has 3 heterocycles. The number of benzene rings is 2. The second-order valence-corrected chi connectivity index (χ2v) is 7.47. The van der Waals surface area contributed by atoms with Crippen molar-refractivity contribution in [3.63, 3.8) is 0 Å². The van der Waals surface area contributed by atoms with Crippen LogP contribution in [0.25, 0.3) is 27.6 Å². The number of rotatable bonds is 5. The van der Waals surface area contributed by atoms with Gasteiger partial charge in [-0.3, -0.25) is 9.36 Å². The first-order valence-corrected chi connectivity index (χ1v) is 10.2. The van der Waals surface area contributed by atoms with E-state index in [1.165, 1.54) is 35.4 Å². The molecule has 0 saturated carbocycles. The summed E-state index contributed by atoms with van der Waals surface area (Å²) in [4.78, 5) is 28.9. The van der Waals surface area contributed by atoms with E-state index in [-0.39, 0.29) is 11.1 Å². The summed E-state index contributed by atoms with van der Waals surface area (Å²) in [5, 5.41) is 3.93. The molecule has 3 aromatic heterocycles. The zero-order chi connectivity index (χ0) is 23.1. The average Bonchev–Trinajstić information content (AvgIpc) is 3.29. The van der Waals surface area contributed by atoms with Crippen molar-refractivity contribution in [2.24, 2.45) is 0 Å². The molecule has 5 rings (SSSR count). The standard InChI is InChI=1S/C23H17F3N6O/c1-2-18(31-22-20-21(28-10-27-20)29-11-30-22)19-7-12-3-4-13(24)8-15(12)23(33)32(19)14-5-6-16(25)17(26)9-14/h3-11,18H,2H2,1H3,(H2,27,28,29,30,31). The van der Waals surface area contributed by atoms with Crippen LogP contribution in [-0.4, -0.2) is 24.5 Å². The highest BCUT2D eigenvalue weighted by molar-refractivity contribution is 5.84. The molecule has 5 aromatic rings. The van der Waals surface area contributed by atoms with E-state index in [1.54, 1.807) is 6.07 Å². The SMILES string of the molecule is CCC(Nc1ncnc2nc[nH]c12)c1cc2ccc(F)cc2c(=O)n1-c1ccc(F)c(F)c1. The van der Waals surface area contributed by atoms with Crippen LogP contribution < -0.4 is 10.9 Å². The van der Waals surface area contributed by atoms with Crippen LogP contribution in [0, 0.1) is 17.5 Å². The first-order valence-electron chi connectivity index (χ1n) is 10.2. The molecule has 0 aliphatic carbocycles. The van der Waals surface area contributed by atoms with Gasteiger partial charge in [-0.05, 0) is 42.1 Å². The molecule has 166 valence electrons. The summed E-state index contributed by atoms with van der Waals surface area (Å²) in [6.07, 6.45) is 3.37. The zero-order valence-corrected chi connectivity index (χ0v) is 17.3. The molecule has 2 aromatic carbocycles. The third-order valence-corrected chi connectivity index (χ3v) is 5.47. The summed E-state index contributed by atoms with van der Waals surface area (Å²) in [7, 11) is 0. The van der Waals surface area contributed by atoms with Crippen molar-refractivity contribution < 1.29 is 13.2 Å². The Balaban J connectivity index is 1.74. The summed E-state index contributed by atoms with van der Waals surface area (Å²) in [6.45, 7) is 1.90. The van der Waals surface area contributed by atoms with Crippen molar-refractivity contribution in [2.45, 2.75) is 19.4 Å². The van der Waals surface area contributed by atoms with E-state index in [0.717, 1.165) is 18.2 Å². The van der Waals surface area contributed by atoms with Gasteiger partial charge in [0.2, 0.25) is 0 Å². The van der Waals surface area contributed by atoms with Crippen LogP contribution in [0.2, 0.25) is 0 Å². The molecule has 10 heteroatoms. The molecule has 0 amide bonds. The van der Waals surface area contributed by atoms with Crippen molar-refractivity contribution in [3.8, 4) is 5.69 Å². The van der Waals surface area contributed by atoms with Crippen molar-refractivity contribution in [2.75, 3.05) is 5.32 Å². The zero-order valence-electron chi connectivity index (χ0n) is 17.3. The minimum atomic E-state index is -1.10. The Bertz CT molecular complexity index is 1560. The minimum Gasteiger partial charge on any atom is -0.360 e. The lowest BCUT2D eigenvalue weighted by Crippen LogP contribution is -2.26. The molecular formula is C23H17F3N6O. The highest BCUT2D eigenvalue weighted by atomic mass is 19.2. The number of nitrogens with zero attached hydrogens (tertiary/aromatic N) is 4. The number of fused-ring (bicyclic) bond motifs is 2. The van der Waals surface area contributed by atoms with Crippen molar-refractivity contribution in [1.29, 1.82) is 0 Å². The Morgan fingerprint density at radius 3 is 2.67 bits per heavy atom. The topological polar surface area (TPSA) is 88.5 Å². The lowest BCUT2D eigenvalue weighted by atomic mass is 10.0. The number of imidazole rings is 1. The van der Waals surface area contributed by atoms with Gasteiger partial charge >= 0.3 is 0 Å². The number of hydrogen-bond acceptors (Lipinski definition) is 5. The van der Waals surface area contributed by atoms with E-state index in [0.29, 0.717) is 34.5 Å². The Morgan fingerprint density at radius 1 is 1.03 bits per heavy atom. The number of hydrogen-bond donors (Lipinski definition) is 2. The first-order chi connectivity index (χ1) is 16.0. The smallest absolute Gasteiger partial charge is 0.263 e. The van der Waals surface area contributed by atoms with E-state index in [1.807, 2.05) is 6.92 Å². The van der Waals surface area contributed by atoms with Gasteiger partial charge in [0.25, 0.3) is 5.56 Å². The van der Waals surface area contributed by atoms with Gasteiger partial charge in [0.15, 0.2) is 23.1 Å². The van der Waals surface area contributed by atoms with Crippen LogP contribution in [-0.2, 0) is 0 Å². The number of aromatic amines is 1. The van der Waals surface area contributed by atoms with E-state index in [2.05, 4.69) is 25.3 Å². The molecule has 1 atom stereocenters. The largest absolute Gasteiger partial charge is 0.360 e. The fourth-order valence-electron chi connectivity index (χ4n) is 3.87. The molecule has 7 nitrogen and oxygen atoms in total. The average molecular weight is 450 g/mol. The Kier molecular flexibility index (Phi) is 5.04. The Morgan fingerprint density at radius 2 is 1.88 bits per heavy atom. The van der Waals surface area contributed by atoms with Gasteiger partial charge < -0.3 is 10.3 Å². The summed E-state index contributed by atoms with van der Waals surface area (Å²) in [6, 6.07) is 8.35. The second-order valence-electron chi connectivity index (χ2n) is 7.47. The number of anilines is 1. The van der Waals surface area contributed by atoms with Gasteiger partial charge in [-0.25, -0.2) is 28.1 Å². The van der Waals surface area contributed by atoms with E-state index < -0.39 is 29.1 Å². The van der Waals surface area contributed by atoms with Gasteiger partial charge in [-0.15, -0.1) is 0 Å². The third kappa shape index (κ3) is 3.59. The molecule has 0 fully saturated rings. The molecule has 0 radical (unpaired) electrons. The lowest BCUT2D eigenvalue weighted by molar-refractivity contribution is 0.507. The summed E-state index contributed by atoms with van der Waals surface area (Å²) < 4.78 is 42.9. The number of pyridine rings is 1. The van der Waals surface area contributed by atoms with E-state index in [4.69, 9.17) is 0 Å². The predicted molar refractivity (Wildman–Crippen MR) is 118 cm³/mol.